The molecule has 0 aliphatic carbocycles. The van der Waals surface area contributed by atoms with Gasteiger partial charge in [0.15, 0.2) is 5.51 Å². The highest BCUT2D eigenvalue weighted by atomic mass is 32.1. The van der Waals surface area contributed by atoms with Crippen LogP contribution in [0, 0.1) is 12.4 Å². The molecule has 7 heteroatoms. The lowest BCUT2D eigenvalue weighted by Crippen LogP contribution is -2.16. The van der Waals surface area contributed by atoms with Gasteiger partial charge in [0, 0.05) is 30.7 Å². The fourth-order valence-electron chi connectivity index (χ4n) is 2.19. The molecule has 0 saturated heterocycles. The highest BCUT2D eigenvalue weighted by molar-refractivity contribution is 7.12. The van der Waals surface area contributed by atoms with Crippen LogP contribution in [-0.4, -0.2) is 35.2 Å². The molecule has 0 fully saturated rings. The van der Waals surface area contributed by atoms with Gasteiger partial charge in [0.05, 0.1) is 4.88 Å². The molecular weight excluding hydrogens is 322 g/mol. The van der Waals surface area contributed by atoms with Gasteiger partial charge in [-0.05, 0) is 37.2 Å². The van der Waals surface area contributed by atoms with Crippen molar-refractivity contribution in [2.75, 3.05) is 25.5 Å². The minimum absolute atomic E-state index is 0.504. The summed E-state index contributed by atoms with van der Waals surface area (Å²) < 4.78 is 5.57. The number of ether oxygens (including phenoxy) is 1. The van der Waals surface area contributed by atoms with Crippen molar-refractivity contribution in [2.24, 2.45) is 0 Å². The summed E-state index contributed by atoms with van der Waals surface area (Å²) in [6, 6.07) is 7.96. The van der Waals surface area contributed by atoms with E-state index in [1.807, 2.05) is 25.4 Å². The number of hydrogen-bond donors (Lipinski definition) is 2. The minimum Gasteiger partial charge on any atom is -0.476 e. The van der Waals surface area contributed by atoms with E-state index in [-0.39, 0.29) is 0 Å². The molecule has 3 aromatic rings. The fourth-order valence-corrected chi connectivity index (χ4v) is 2.73. The molecule has 0 aliphatic heterocycles. The third kappa shape index (κ3) is 4.27. The van der Waals surface area contributed by atoms with Crippen LogP contribution >= 0.6 is 11.3 Å². The number of likely N-dealkylation sites (N-methyl/N-ethyl adjacent to an activating group) is 1. The van der Waals surface area contributed by atoms with Crippen molar-refractivity contribution >= 4 is 23.0 Å². The first kappa shape index (κ1) is 16.4. The second kappa shape index (κ2) is 7.85. The number of aryl methyl sites for hydroxylation is 1. The van der Waals surface area contributed by atoms with Gasteiger partial charge in [0.1, 0.15) is 6.61 Å². The summed E-state index contributed by atoms with van der Waals surface area (Å²) in [6.07, 6.45) is 3.49. The summed E-state index contributed by atoms with van der Waals surface area (Å²) in [6.45, 7) is 3.38. The van der Waals surface area contributed by atoms with E-state index in [1.54, 1.807) is 12.3 Å². The number of rotatable bonds is 7. The lowest BCUT2D eigenvalue weighted by Gasteiger charge is -2.10. The fraction of sp³-hybridized carbons (Fsp3) is 0.235. The molecular formula is C17H18N5OS. The van der Waals surface area contributed by atoms with Crippen LogP contribution in [0.1, 0.15) is 5.56 Å². The van der Waals surface area contributed by atoms with E-state index in [1.165, 1.54) is 11.3 Å². The first-order valence-electron chi connectivity index (χ1n) is 7.56. The highest BCUT2D eigenvalue weighted by Crippen LogP contribution is 2.28. The summed E-state index contributed by atoms with van der Waals surface area (Å²) in [4.78, 5) is 13.7. The molecule has 6 nitrogen and oxygen atoms in total. The quantitative estimate of drug-likeness (QED) is 0.644. The SMILES string of the molecule is CNCCOc1ccnc(Nc2cc(C)cc(-c3cn[c]s3)c2)n1. The van der Waals surface area contributed by atoms with E-state index in [4.69, 9.17) is 4.74 Å². The van der Waals surface area contributed by atoms with Crippen LogP contribution in [0.15, 0.2) is 36.7 Å². The number of hydrogen-bond acceptors (Lipinski definition) is 7. The standard InChI is InChI=1S/C17H18N5OS/c1-12-7-13(15-10-19-11-24-15)9-14(8-12)21-17-20-4-3-16(22-17)23-6-5-18-2/h3-4,7-10,18H,5-6H2,1-2H3,(H,20,21,22). The van der Waals surface area contributed by atoms with Crippen LogP contribution in [0.25, 0.3) is 10.4 Å². The van der Waals surface area contributed by atoms with E-state index in [0.29, 0.717) is 18.4 Å². The molecule has 0 bridgehead atoms. The van der Waals surface area contributed by atoms with E-state index < -0.39 is 0 Å². The van der Waals surface area contributed by atoms with E-state index in [2.05, 4.69) is 44.1 Å². The Morgan fingerprint density at radius 1 is 1.29 bits per heavy atom. The highest BCUT2D eigenvalue weighted by Gasteiger charge is 2.06. The van der Waals surface area contributed by atoms with Crippen molar-refractivity contribution in [3.63, 3.8) is 0 Å². The summed E-state index contributed by atoms with van der Waals surface area (Å²) in [5.74, 6) is 1.05. The van der Waals surface area contributed by atoms with E-state index >= 15 is 0 Å². The maximum absolute atomic E-state index is 5.57. The number of nitrogens with one attached hydrogen (secondary N) is 2. The number of benzene rings is 1. The van der Waals surface area contributed by atoms with Crippen molar-refractivity contribution in [3.05, 3.63) is 47.7 Å². The van der Waals surface area contributed by atoms with Gasteiger partial charge in [0.25, 0.3) is 0 Å². The van der Waals surface area contributed by atoms with Crippen molar-refractivity contribution in [1.29, 1.82) is 0 Å². The average molecular weight is 340 g/mol. The monoisotopic (exact) mass is 340 g/mol. The molecule has 1 aromatic carbocycles. The molecule has 2 N–H and O–H groups in total. The largest absolute Gasteiger partial charge is 0.476 e. The Labute approximate surface area is 145 Å². The van der Waals surface area contributed by atoms with Gasteiger partial charge in [-0.15, -0.1) is 11.3 Å². The van der Waals surface area contributed by atoms with Gasteiger partial charge in [-0.3, -0.25) is 0 Å². The van der Waals surface area contributed by atoms with E-state index in [9.17, 15) is 0 Å². The summed E-state index contributed by atoms with van der Waals surface area (Å²) in [5, 5.41) is 6.26. The Morgan fingerprint density at radius 2 is 2.21 bits per heavy atom. The van der Waals surface area contributed by atoms with Gasteiger partial charge in [0.2, 0.25) is 11.8 Å². The number of nitrogens with zero attached hydrogens (tertiary/aromatic N) is 3. The van der Waals surface area contributed by atoms with Crippen LogP contribution in [-0.2, 0) is 0 Å². The number of anilines is 2. The molecule has 0 amide bonds. The molecule has 2 aromatic heterocycles. The third-order valence-corrected chi connectivity index (χ3v) is 4.00. The van der Waals surface area contributed by atoms with Crippen LogP contribution in [0.2, 0.25) is 0 Å². The van der Waals surface area contributed by atoms with Gasteiger partial charge in [-0.1, -0.05) is 6.07 Å². The summed E-state index contributed by atoms with van der Waals surface area (Å²) in [5.41, 5.74) is 6.03. The predicted molar refractivity (Wildman–Crippen MR) is 95.9 cm³/mol. The summed E-state index contributed by atoms with van der Waals surface area (Å²) >= 11 is 1.49. The minimum atomic E-state index is 0.504. The molecule has 0 saturated carbocycles. The Hall–Kier alpha value is -2.51. The van der Waals surface area contributed by atoms with Gasteiger partial charge < -0.3 is 15.4 Å². The number of aromatic nitrogens is 3. The molecule has 1 radical (unpaired) electrons. The molecule has 0 atom stereocenters. The molecule has 123 valence electrons. The first-order chi connectivity index (χ1) is 11.7. The Bertz CT molecular complexity index is 791. The lowest BCUT2D eigenvalue weighted by molar-refractivity contribution is 0.306. The van der Waals surface area contributed by atoms with Crippen LogP contribution < -0.4 is 15.4 Å². The van der Waals surface area contributed by atoms with Gasteiger partial charge in [-0.25, -0.2) is 9.97 Å². The van der Waals surface area contributed by atoms with Crippen molar-refractivity contribution < 1.29 is 4.74 Å². The van der Waals surface area contributed by atoms with Crippen molar-refractivity contribution in [2.45, 2.75) is 6.92 Å². The van der Waals surface area contributed by atoms with E-state index in [0.717, 1.165) is 28.2 Å². The predicted octanol–water partition coefficient (Wildman–Crippen LogP) is 3.05. The molecule has 2 heterocycles. The molecule has 24 heavy (non-hydrogen) atoms. The topological polar surface area (TPSA) is 72.0 Å². The van der Waals surface area contributed by atoms with Crippen LogP contribution in [0.3, 0.4) is 0 Å². The van der Waals surface area contributed by atoms with Crippen molar-refractivity contribution in [3.8, 4) is 16.3 Å². The van der Waals surface area contributed by atoms with Gasteiger partial charge in [-0.2, -0.15) is 4.98 Å². The zero-order valence-corrected chi connectivity index (χ0v) is 14.4. The third-order valence-electron chi connectivity index (χ3n) is 3.24. The smallest absolute Gasteiger partial charge is 0.230 e. The second-order valence-corrected chi connectivity index (χ2v) is 6.03. The molecule has 3 rings (SSSR count). The summed E-state index contributed by atoms with van der Waals surface area (Å²) in [7, 11) is 1.88. The maximum atomic E-state index is 5.57. The normalized spacial score (nSPS) is 10.6. The second-order valence-electron chi connectivity index (χ2n) is 5.20. The zero-order chi connectivity index (χ0) is 16.8. The zero-order valence-electron chi connectivity index (χ0n) is 13.5. The molecule has 0 unspecified atom stereocenters. The van der Waals surface area contributed by atoms with Gasteiger partial charge >= 0.3 is 0 Å². The Kier molecular flexibility index (Phi) is 5.35. The Morgan fingerprint density at radius 3 is 3.00 bits per heavy atom. The maximum Gasteiger partial charge on any atom is 0.230 e. The molecule has 0 spiro atoms. The first-order valence-corrected chi connectivity index (χ1v) is 8.37. The number of thiazole rings is 1. The lowest BCUT2D eigenvalue weighted by atomic mass is 10.1. The van der Waals surface area contributed by atoms with Crippen LogP contribution in [0.4, 0.5) is 11.6 Å². The molecule has 0 aliphatic rings. The Balaban J connectivity index is 1.77. The average Bonchev–Trinajstić information content (AvgIpc) is 3.09. The van der Waals surface area contributed by atoms with Crippen LogP contribution in [0.5, 0.6) is 5.88 Å². The van der Waals surface area contributed by atoms with Crippen molar-refractivity contribution in [1.82, 2.24) is 20.3 Å².